The van der Waals surface area contributed by atoms with Crippen LogP contribution in [0.25, 0.3) is 0 Å². The Morgan fingerprint density at radius 3 is 2.20 bits per heavy atom. The van der Waals surface area contributed by atoms with Crippen LogP contribution in [0.3, 0.4) is 0 Å². The van der Waals surface area contributed by atoms with E-state index in [0.29, 0.717) is 5.02 Å². The summed E-state index contributed by atoms with van der Waals surface area (Å²) in [5, 5.41) is 3.97. The van der Waals surface area contributed by atoms with Gasteiger partial charge in [-0.2, -0.15) is 0 Å². The van der Waals surface area contributed by atoms with Gasteiger partial charge in [0.15, 0.2) is 0 Å². The van der Waals surface area contributed by atoms with Crippen LogP contribution in [-0.4, -0.2) is 43.8 Å². The lowest BCUT2D eigenvalue weighted by molar-refractivity contribution is -0.139. The monoisotopic (exact) mass is 635 g/mol. The lowest BCUT2D eigenvalue weighted by atomic mass is 9.95. The van der Waals surface area contributed by atoms with Gasteiger partial charge in [0.05, 0.1) is 15.6 Å². The van der Waals surface area contributed by atoms with Crippen molar-refractivity contribution in [3.8, 4) is 0 Å². The Morgan fingerprint density at radius 2 is 1.54 bits per heavy atom. The lowest BCUT2D eigenvalue weighted by Gasteiger charge is -2.33. The third-order valence-corrected chi connectivity index (χ3v) is 9.75. The van der Waals surface area contributed by atoms with Crippen LogP contribution in [0.15, 0.2) is 77.7 Å². The molecule has 218 valence electrons. The molecule has 1 saturated carbocycles. The van der Waals surface area contributed by atoms with Crippen molar-refractivity contribution in [2.75, 3.05) is 10.8 Å². The molecule has 0 aromatic heterocycles. The highest BCUT2D eigenvalue weighted by Gasteiger charge is 2.34. The Kier molecular flexibility index (Phi) is 10.6. The molecule has 7 nitrogen and oxygen atoms in total. The van der Waals surface area contributed by atoms with Gasteiger partial charge in [0.2, 0.25) is 11.8 Å². The van der Waals surface area contributed by atoms with Crippen molar-refractivity contribution in [3.05, 3.63) is 93.4 Å². The van der Waals surface area contributed by atoms with Gasteiger partial charge in [-0.1, -0.05) is 84.4 Å². The van der Waals surface area contributed by atoms with Crippen molar-refractivity contribution in [1.29, 1.82) is 0 Å². The average Bonchev–Trinajstić information content (AvgIpc) is 2.97. The second-order valence-electron chi connectivity index (χ2n) is 10.1. The molecule has 1 atom stereocenters. The maximum atomic E-state index is 14.0. The SMILES string of the molecule is CC(C(=O)NC1CCCCC1)N(Cc1ccc(Cl)cc1)C(=O)CN(c1cc(Cl)ccc1Cl)S(=O)(=O)c1ccccc1. The Balaban J connectivity index is 1.69. The number of halogens is 3. The van der Waals surface area contributed by atoms with E-state index in [1.165, 1.54) is 35.2 Å². The Labute approximate surface area is 256 Å². The second kappa shape index (κ2) is 13.9. The number of rotatable bonds is 10. The number of nitrogens with one attached hydrogen (secondary N) is 1. The molecule has 0 radical (unpaired) electrons. The third kappa shape index (κ3) is 7.95. The van der Waals surface area contributed by atoms with Gasteiger partial charge in [0.1, 0.15) is 12.6 Å². The summed E-state index contributed by atoms with van der Waals surface area (Å²) in [5.41, 5.74) is 0.792. The molecular formula is C30H32Cl3N3O4S. The van der Waals surface area contributed by atoms with E-state index in [1.807, 2.05) is 0 Å². The summed E-state index contributed by atoms with van der Waals surface area (Å²) < 4.78 is 28.7. The van der Waals surface area contributed by atoms with Crippen LogP contribution < -0.4 is 9.62 Å². The van der Waals surface area contributed by atoms with Crippen molar-refractivity contribution in [1.82, 2.24) is 10.2 Å². The molecule has 0 bridgehead atoms. The van der Waals surface area contributed by atoms with Crippen LogP contribution in [0.1, 0.15) is 44.6 Å². The first kappa shape index (κ1) is 31.2. The molecule has 1 aliphatic carbocycles. The van der Waals surface area contributed by atoms with E-state index in [4.69, 9.17) is 34.8 Å². The van der Waals surface area contributed by atoms with Gasteiger partial charge in [0, 0.05) is 22.6 Å². The van der Waals surface area contributed by atoms with Gasteiger partial charge in [0.25, 0.3) is 10.0 Å². The summed E-state index contributed by atoms with van der Waals surface area (Å²) in [6.07, 6.45) is 5.00. The minimum Gasteiger partial charge on any atom is -0.352 e. The smallest absolute Gasteiger partial charge is 0.264 e. The molecule has 0 heterocycles. The molecule has 0 saturated heterocycles. The molecule has 1 N–H and O–H groups in total. The molecule has 2 amide bonds. The van der Waals surface area contributed by atoms with Crippen molar-refractivity contribution < 1.29 is 18.0 Å². The normalized spacial score (nSPS) is 14.7. The summed E-state index contributed by atoms with van der Waals surface area (Å²) >= 11 is 18.7. The summed E-state index contributed by atoms with van der Waals surface area (Å²) in [6.45, 7) is 1.11. The second-order valence-corrected chi connectivity index (χ2v) is 13.2. The van der Waals surface area contributed by atoms with Gasteiger partial charge >= 0.3 is 0 Å². The minimum absolute atomic E-state index is 0.0174. The first-order valence-electron chi connectivity index (χ1n) is 13.4. The molecule has 3 aromatic rings. The highest BCUT2D eigenvalue weighted by Crippen LogP contribution is 2.33. The molecule has 0 spiro atoms. The number of carbonyl (C=O) groups is 2. The van der Waals surface area contributed by atoms with Crippen LogP contribution in [0.4, 0.5) is 5.69 Å². The highest BCUT2D eigenvalue weighted by molar-refractivity contribution is 7.92. The maximum Gasteiger partial charge on any atom is 0.264 e. The predicted molar refractivity (Wildman–Crippen MR) is 164 cm³/mol. The maximum absolute atomic E-state index is 14.0. The van der Waals surface area contributed by atoms with E-state index in [0.717, 1.165) is 42.0 Å². The Morgan fingerprint density at radius 1 is 0.902 bits per heavy atom. The van der Waals surface area contributed by atoms with Crippen molar-refractivity contribution in [2.24, 2.45) is 0 Å². The van der Waals surface area contributed by atoms with E-state index in [-0.39, 0.29) is 39.1 Å². The van der Waals surface area contributed by atoms with Crippen LogP contribution in [-0.2, 0) is 26.2 Å². The quantitative estimate of drug-likeness (QED) is 0.268. The summed E-state index contributed by atoms with van der Waals surface area (Å²) in [6, 6.07) is 18.3. The fourth-order valence-corrected chi connectivity index (χ4v) is 6.86. The van der Waals surface area contributed by atoms with Crippen LogP contribution in [0.2, 0.25) is 15.1 Å². The van der Waals surface area contributed by atoms with E-state index in [1.54, 1.807) is 49.4 Å². The number of benzene rings is 3. The summed E-state index contributed by atoms with van der Waals surface area (Å²) in [5.74, 6) is -0.876. The number of amides is 2. The van der Waals surface area contributed by atoms with Gasteiger partial charge in [-0.25, -0.2) is 8.42 Å². The molecule has 11 heteroatoms. The zero-order valence-electron chi connectivity index (χ0n) is 22.6. The summed E-state index contributed by atoms with van der Waals surface area (Å²) in [7, 11) is -4.24. The van der Waals surface area contributed by atoms with Crippen molar-refractivity contribution in [2.45, 2.75) is 62.6 Å². The number of anilines is 1. The zero-order chi connectivity index (χ0) is 29.6. The lowest BCUT2D eigenvalue weighted by Crippen LogP contribution is -2.53. The molecule has 1 aliphatic rings. The first-order valence-corrected chi connectivity index (χ1v) is 16.0. The van der Waals surface area contributed by atoms with Crippen LogP contribution in [0, 0.1) is 0 Å². The Bertz CT molecular complexity index is 1460. The summed E-state index contributed by atoms with van der Waals surface area (Å²) in [4.78, 5) is 28.8. The molecule has 1 unspecified atom stereocenters. The van der Waals surface area contributed by atoms with Crippen molar-refractivity contribution in [3.63, 3.8) is 0 Å². The number of carbonyl (C=O) groups excluding carboxylic acids is 2. The van der Waals surface area contributed by atoms with Crippen LogP contribution in [0.5, 0.6) is 0 Å². The van der Waals surface area contributed by atoms with E-state index >= 15 is 0 Å². The molecule has 3 aromatic carbocycles. The van der Waals surface area contributed by atoms with Gasteiger partial charge in [-0.3, -0.25) is 13.9 Å². The minimum atomic E-state index is -4.24. The van der Waals surface area contributed by atoms with Gasteiger partial charge < -0.3 is 10.2 Å². The van der Waals surface area contributed by atoms with Crippen molar-refractivity contribution >= 4 is 62.3 Å². The number of hydrogen-bond donors (Lipinski definition) is 1. The number of nitrogens with zero attached hydrogens (tertiary/aromatic N) is 2. The van der Waals surface area contributed by atoms with Gasteiger partial charge in [-0.05, 0) is 67.8 Å². The third-order valence-electron chi connectivity index (χ3n) is 7.17. The van der Waals surface area contributed by atoms with E-state index < -0.39 is 28.5 Å². The van der Waals surface area contributed by atoms with E-state index in [9.17, 15) is 18.0 Å². The van der Waals surface area contributed by atoms with Gasteiger partial charge in [-0.15, -0.1) is 0 Å². The molecule has 41 heavy (non-hydrogen) atoms. The molecule has 4 rings (SSSR count). The predicted octanol–water partition coefficient (Wildman–Crippen LogP) is 6.71. The molecule has 0 aliphatic heterocycles. The number of hydrogen-bond acceptors (Lipinski definition) is 4. The van der Waals surface area contributed by atoms with Crippen LogP contribution >= 0.6 is 34.8 Å². The highest BCUT2D eigenvalue weighted by atomic mass is 35.5. The van der Waals surface area contributed by atoms with E-state index in [2.05, 4.69) is 5.32 Å². The fraction of sp³-hybridized carbons (Fsp3) is 0.333. The first-order chi connectivity index (χ1) is 19.6. The standard InChI is InChI=1S/C30H32Cl3N3O4S/c1-21(30(38)34-25-8-4-2-5-9-25)35(19-22-12-14-23(31)15-13-22)29(37)20-36(28-18-24(32)16-17-27(28)33)41(39,40)26-10-6-3-7-11-26/h3,6-7,10-18,21,25H,2,4-5,8-9,19-20H2,1H3,(H,34,38). The fourth-order valence-electron chi connectivity index (χ4n) is 4.85. The average molecular weight is 637 g/mol. The largest absolute Gasteiger partial charge is 0.352 e. The Hall–Kier alpha value is -2.78. The molecular weight excluding hydrogens is 605 g/mol. The zero-order valence-corrected chi connectivity index (χ0v) is 25.7. The molecule has 1 fully saturated rings. The topological polar surface area (TPSA) is 86.8 Å². The number of sulfonamides is 1.